The van der Waals surface area contributed by atoms with Crippen molar-refractivity contribution in [2.24, 2.45) is 0 Å². The highest BCUT2D eigenvalue weighted by Gasteiger charge is 2.13. The smallest absolute Gasteiger partial charge is 0.240 e. The highest BCUT2D eigenvalue weighted by Crippen LogP contribution is 2.14. The number of imidazole rings is 1. The Labute approximate surface area is 138 Å². The summed E-state index contributed by atoms with van der Waals surface area (Å²) in [5.74, 6) is 0.672. The average molecular weight is 349 g/mol. The first-order chi connectivity index (χ1) is 11.0. The van der Waals surface area contributed by atoms with Crippen molar-refractivity contribution in [3.63, 3.8) is 0 Å². The second kappa shape index (κ2) is 6.49. The van der Waals surface area contributed by atoms with Crippen molar-refractivity contribution in [2.45, 2.75) is 11.4 Å². The van der Waals surface area contributed by atoms with E-state index >= 15 is 0 Å². The Morgan fingerprint density at radius 1 is 1.13 bits per heavy atom. The normalized spacial score (nSPS) is 11.5. The van der Waals surface area contributed by atoms with Crippen LogP contribution in [0.4, 0.5) is 0 Å². The van der Waals surface area contributed by atoms with Crippen molar-refractivity contribution in [1.82, 2.24) is 19.3 Å². The first kappa shape index (κ1) is 15.7. The molecular formula is C15H13ClN4O2S. The van der Waals surface area contributed by atoms with Crippen molar-refractivity contribution in [2.75, 3.05) is 0 Å². The molecule has 0 aliphatic rings. The van der Waals surface area contributed by atoms with Crippen LogP contribution in [-0.4, -0.2) is 23.0 Å². The average Bonchev–Trinajstić information content (AvgIpc) is 3.08. The van der Waals surface area contributed by atoms with E-state index in [1.807, 2.05) is 0 Å². The van der Waals surface area contributed by atoms with Crippen LogP contribution in [-0.2, 0) is 16.6 Å². The standard InChI is InChI=1S/C15H13ClN4O2S/c16-13-1-3-14(4-2-13)23(21,22)19-10-12-5-6-18-15(9-12)20-8-7-17-11-20/h1-9,11,19H,10H2. The largest absolute Gasteiger partial charge is 0.291 e. The summed E-state index contributed by atoms with van der Waals surface area (Å²) in [6.07, 6.45) is 6.67. The lowest BCUT2D eigenvalue weighted by atomic mass is 10.2. The summed E-state index contributed by atoms with van der Waals surface area (Å²) < 4.78 is 28.8. The molecule has 0 radical (unpaired) electrons. The maximum absolute atomic E-state index is 12.2. The third-order valence-electron chi connectivity index (χ3n) is 3.17. The van der Waals surface area contributed by atoms with Crippen molar-refractivity contribution in [3.8, 4) is 5.82 Å². The van der Waals surface area contributed by atoms with Gasteiger partial charge in [-0.1, -0.05) is 11.6 Å². The van der Waals surface area contributed by atoms with Gasteiger partial charge in [-0.15, -0.1) is 0 Å². The van der Waals surface area contributed by atoms with Gasteiger partial charge in [-0.25, -0.2) is 23.1 Å². The van der Waals surface area contributed by atoms with Crippen LogP contribution in [0.25, 0.3) is 5.82 Å². The third kappa shape index (κ3) is 3.76. The van der Waals surface area contributed by atoms with E-state index in [0.29, 0.717) is 10.8 Å². The first-order valence-corrected chi connectivity index (χ1v) is 8.59. The van der Waals surface area contributed by atoms with E-state index < -0.39 is 10.0 Å². The summed E-state index contributed by atoms with van der Waals surface area (Å²) in [7, 11) is -3.59. The Morgan fingerprint density at radius 2 is 1.91 bits per heavy atom. The van der Waals surface area contributed by atoms with Gasteiger partial charge >= 0.3 is 0 Å². The van der Waals surface area contributed by atoms with Gasteiger partial charge in [0, 0.05) is 30.2 Å². The highest BCUT2D eigenvalue weighted by atomic mass is 35.5. The van der Waals surface area contributed by atoms with E-state index in [1.165, 1.54) is 12.1 Å². The lowest BCUT2D eigenvalue weighted by Crippen LogP contribution is -2.23. The second-order valence-electron chi connectivity index (χ2n) is 4.77. The molecule has 0 spiro atoms. The molecule has 0 aliphatic carbocycles. The maximum Gasteiger partial charge on any atom is 0.240 e. The second-order valence-corrected chi connectivity index (χ2v) is 6.97. The number of nitrogens with one attached hydrogen (secondary N) is 1. The molecule has 3 aromatic rings. The minimum atomic E-state index is -3.59. The first-order valence-electron chi connectivity index (χ1n) is 6.73. The van der Waals surface area contributed by atoms with Crippen LogP contribution >= 0.6 is 11.6 Å². The summed E-state index contributed by atoms with van der Waals surface area (Å²) in [6, 6.07) is 9.57. The Bertz CT molecular complexity index is 893. The molecule has 2 aromatic heterocycles. The SMILES string of the molecule is O=S(=O)(NCc1ccnc(-n2ccnc2)c1)c1ccc(Cl)cc1. The minimum Gasteiger partial charge on any atom is -0.291 e. The van der Waals surface area contributed by atoms with Crippen LogP contribution in [0, 0.1) is 0 Å². The Hall–Kier alpha value is -2.22. The number of aromatic nitrogens is 3. The predicted octanol–water partition coefficient (Wildman–Crippen LogP) is 2.40. The van der Waals surface area contributed by atoms with Crippen LogP contribution in [0.15, 0.2) is 66.2 Å². The van der Waals surface area contributed by atoms with E-state index in [0.717, 1.165) is 5.56 Å². The van der Waals surface area contributed by atoms with Gasteiger partial charge in [0.15, 0.2) is 0 Å². The van der Waals surface area contributed by atoms with E-state index in [2.05, 4.69) is 14.7 Å². The molecule has 0 fully saturated rings. The number of hydrogen-bond donors (Lipinski definition) is 1. The van der Waals surface area contributed by atoms with E-state index in [4.69, 9.17) is 11.6 Å². The summed E-state index contributed by atoms with van der Waals surface area (Å²) in [6.45, 7) is 0.162. The molecular weight excluding hydrogens is 336 g/mol. The van der Waals surface area contributed by atoms with Crippen molar-refractivity contribution in [1.29, 1.82) is 0 Å². The zero-order valence-corrected chi connectivity index (χ0v) is 13.5. The molecule has 0 amide bonds. The summed E-state index contributed by atoms with van der Waals surface area (Å²) in [5.41, 5.74) is 0.793. The number of halogens is 1. The number of nitrogens with zero attached hydrogens (tertiary/aromatic N) is 3. The third-order valence-corrected chi connectivity index (χ3v) is 4.84. The Kier molecular flexibility index (Phi) is 4.42. The lowest BCUT2D eigenvalue weighted by molar-refractivity contribution is 0.581. The molecule has 3 rings (SSSR count). The molecule has 0 bridgehead atoms. The van der Waals surface area contributed by atoms with Gasteiger partial charge in [-0.3, -0.25) is 4.57 Å². The fraction of sp³-hybridized carbons (Fsp3) is 0.0667. The fourth-order valence-corrected chi connectivity index (χ4v) is 3.13. The molecule has 0 saturated heterocycles. The van der Waals surface area contributed by atoms with Crippen molar-refractivity contribution >= 4 is 21.6 Å². The fourth-order valence-electron chi connectivity index (χ4n) is 1.98. The Morgan fingerprint density at radius 3 is 2.61 bits per heavy atom. The molecule has 0 atom stereocenters. The van der Waals surface area contributed by atoms with Crippen molar-refractivity contribution < 1.29 is 8.42 Å². The molecule has 2 heterocycles. The zero-order chi connectivity index (χ0) is 16.3. The van der Waals surface area contributed by atoms with Gasteiger partial charge in [0.05, 0.1) is 4.90 Å². The van der Waals surface area contributed by atoms with Gasteiger partial charge in [-0.2, -0.15) is 0 Å². The Balaban J connectivity index is 1.75. The van der Waals surface area contributed by atoms with Crippen LogP contribution in [0.5, 0.6) is 0 Å². The molecule has 1 N–H and O–H groups in total. The number of hydrogen-bond acceptors (Lipinski definition) is 4. The predicted molar refractivity (Wildman–Crippen MR) is 86.8 cm³/mol. The van der Waals surface area contributed by atoms with Crippen LogP contribution in [0.2, 0.25) is 5.02 Å². The van der Waals surface area contributed by atoms with Gasteiger partial charge in [0.1, 0.15) is 12.1 Å². The summed E-state index contributed by atoms with van der Waals surface area (Å²) in [5, 5.41) is 0.489. The number of benzene rings is 1. The van der Waals surface area contributed by atoms with Crippen LogP contribution in [0.3, 0.4) is 0 Å². The summed E-state index contributed by atoms with van der Waals surface area (Å²) in [4.78, 5) is 8.36. The number of sulfonamides is 1. The van der Waals surface area contributed by atoms with Gasteiger partial charge in [0.25, 0.3) is 0 Å². The quantitative estimate of drug-likeness (QED) is 0.768. The van der Waals surface area contributed by atoms with E-state index in [9.17, 15) is 8.42 Å². The van der Waals surface area contributed by atoms with Crippen LogP contribution < -0.4 is 4.72 Å². The molecule has 0 unspecified atom stereocenters. The van der Waals surface area contributed by atoms with Gasteiger partial charge in [0.2, 0.25) is 10.0 Å². The van der Waals surface area contributed by atoms with Crippen molar-refractivity contribution in [3.05, 3.63) is 71.9 Å². The molecule has 6 nitrogen and oxygen atoms in total. The minimum absolute atomic E-state index is 0.162. The number of rotatable bonds is 5. The van der Waals surface area contributed by atoms with Gasteiger partial charge < -0.3 is 0 Å². The molecule has 23 heavy (non-hydrogen) atoms. The van der Waals surface area contributed by atoms with E-state index in [1.54, 1.807) is 53.8 Å². The topological polar surface area (TPSA) is 76.9 Å². The molecule has 0 aliphatic heterocycles. The van der Waals surface area contributed by atoms with Gasteiger partial charge in [-0.05, 0) is 42.0 Å². The van der Waals surface area contributed by atoms with Crippen LogP contribution in [0.1, 0.15) is 5.56 Å². The molecule has 8 heteroatoms. The molecule has 118 valence electrons. The number of pyridine rings is 1. The molecule has 0 saturated carbocycles. The molecule has 1 aromatic carbocycles. The maximum atomic E-state index is 12.2. The highest BCUT2D eigenvalue weighted by molar-refractivity contribution is 7.89. The zero-order valence-electron chi connectivity index (χ0n) is 11.9. The monoisotopic (exact) mass is 348 g/mol. The lowest BCUT2D eigenvalue weighted by Gasteiger charge is -2.08. The summed E-state index contributed by atoms with van der Waals surface area (Å²) >= 11 is 5.77. The van der Waals surface area contributed by atoms with E-state index in [-0.39, 0.29) is 11.4 Å².